The van der Waals surface area contributed by atoms with Crippen LogP contribution in [-0.4, -0.2) is 30.9 Å². The molecule has 0 fully saturated rings. The van der Waals surface area contributed by atoms with Gasteiger partial charge < -0.3 is 10.3 Å². The van der Waals surface area contributed by atoms with Gasteiger partial charge in [0.25, 0.3) is 0 Å². The summed E-state index contributed by atoms with van der Waals surface area (Å²) in [5.41, 5.74) is 5.50. The first-order valence-electron chi connectivity index (χ1n) is 10.4. The Morgan fingerprint density at radius 2 is 2.10 bits per heavy atom. The number of fused-ring (bicyclic) bond motifs is 2. The molecule has 1 unspecified atom stereocenters. The number of hydrogen-bond acceptors (Lipinski definition) is 5. The van der Waals surface area contributed by atoms with Crippen molar-refractivity contribution < 1.29 is 0 Å². The van der Waals surface area contributed by atoms with Crippen LogP contribution in [0.3, 0.4) is 0 Å². The van der Waals surface area contributed by atoms with Crippen LogP contribution in [0.25, 0.3) is 11.0 Å². The van der Waals surface area contributed by atoms with E-state index in [2.05, 4.69) is 58.5 Å². The SMILES string of the molecule is Cc1c(Nc2nc(/N=C\C3CCc4ccccc43)c3cc[nH]c3n2)cnn1C(C)C. The number of aromatic amines is 1. The van der Waals surface area contributed by atoms with Crippen molar-refractivity contribution in [1.29, 1.82) is 0 Å². The number of aliphatic imine (C=N–C) groups is 1. The summed E-state index contributed by atoms with van der Waals surface area (Å²) in [7, 11) is 0. The zero-order chi connectivity index (χ0) is 20.7. The summed E-state index contributed by atoms with van der Waals surface area (Å²) in [4.78, 5) is 17.3. The van der Waals surface area contributed by atoms with Gasteiger partial charge in [0, 0.05) is 24.4 Å². The van der Waals surface area contributed by atoms with Crippen molar-refractivity contribution in [2.24, 2.45) is 4.99 Å². The molecule has 0 bridgehead atoms. The van der Waals surface area contributed by atoms with Gasteiger partial charge in [0.2, 0.25) is 5.95 Å². The van der Waals surface area contributed by atoms with Gasteiger partial charge in [-0.1, -0.05) is 24.3 Å². The molecule has 1 atom stereocenters. The van der Waals surface area contributed by atoms with E-state index in [-0.39, 0.29) is 0 Å². The lowest BCUT2D eigenvalue weighted by molar-refractivity contribution is 0.519. The van der Waals surface area contributed by atoms with Gasteiger partial charge in [0.15, 0.2) is 5.82 Å². The molecule has 5 rings (SSSR count). The van der Waals surface area contributed by atoms with Crippen LogP contribution in [0, 0.1) is 6.92 Å². The van der Waals surface area contributed by atoms with Crippen molar-refractivity contribution in [1.82, 2.24) is 24.7 Å². The van der Waals surface area contributed by atoms with Gasteiger partial charge in [-0.2, -0.15) is 15.1 Å². The largest absolute Gasteiger partial charge is 0.346 e. The minimum absolute atomic E-state index is 0.293. The van der Waals surface area contributed by atoms with E-state index < -0.39 is 0 Å². The van der Waals surface area contributed by atoms with E-state index in [0.29, 0.717) is 23.7 Å². The number of aromatic nitrogens is 5. The lowest BCUT2D eigenvalue weighted by Gasteiger charge is -2.10. The Hall–Kier alpha value is -3.48. The van der Waals surface area contributed by atoms with Gasteiger partial charge >= 0.3 is 0 Å². The Balaban J connectivity index is 1.47. The first-order chi connectivity index (χ1) is 14.6. The average Bonchev–Trinajstić information content (AvgIpc) is 3.45. The van der Waals surface area contributed by atoms with Crippen molar-refractivity contribution in [3.8, 4) is 0 Å². The summed E-state index contributed by atoms with van der Waals surface area (Å²) in [6.07, 6.45) is 7.91. The van der Waals surface area contributed by atoms with Gasteiger partial charge in [-0.3, -0.25) is 4.68 Å². The molecule has 0 saturated carbocycles. The van der Waals surface area contributed by atoms with E-state index in [9.17, 15) is 0 Å². The molecule has 0 radical (unpaired) electrons. The van der Waals surface area contributed by atoms with E-state index >= 15 is 0 Å². The third-order valence-corrected chi connectivity index (χ3v) is 5.73. The lowest BCUT2D eigenvalue weighted by atomic mass is 10.0. The van der Waals surface area contributed by atoms with Crippen molar-refractivity contribution in [2.45, 2.75) is 45.6 Å². The minimum Gasteiger partial charge on any atom is -0.346 e. The zero-order valence-corrected chi connectivity index (χ0v) is 17.4. The highest BCUT2D eigenvalue weighted by Gasteiger charge is 2.20. The molecule has 4 aromatic rings. The molecule has 7 nitrogen and oxygen atoms in total. The predicted octanol–water partition coefficient (Wildman–Crippen LogP) is 5.22. The topological polar surface area (TPSA) is 83.8 Å². The van der Waals surface area contributed by atoms with E-state index in [1.807, 2.05) is 36.3 Å². The number of H-pyrrole nitrogens is 1. The highest BCUT2D eigenvalue weighted by atomic mass is 15.3. The van der Waals surface area contributed by atoms with E-state index in [0.717, 1.165) is 35.3 Å². The predicted molar refractivity (Wildman–Crippen MR) is 120 cm³/mol. The van der Waals surface area contributed by atoms with E-state index in [4.69, 9.17) is 9.98 Å². The third-order valence-electron chi connectivity index (χ3n) is 5.73. The van der Waals surface area contributed by atoms with Crippen LogP contribution in [0.5, 0.6) is 0 Å². The van der Waals surface area contributed by atoms with Crippen LogP contribution in [0.2, 0.25) is 0 Å². The Morgan fingerprint density at radius 1 is 1.23 bits per heavy atom. The molecule has 0 amide bonds. The first-order valence-corrected chi connectivity index (χ1v) is 10.4. The van der Waals surface area contributed by atoms with Crippen LogP contribution in [0.4, 0.5) is 17.5 Å². The summed E-state index contributed by atoms with van der Waals surface area (Å²) >= 11 is 0. The standard InChI is InChI=1S/C23H25N7/c1-14(2)30-15(3)20(13-26-30)27-23-28-21-19(10-11-24-21)22(29-23)25-12-17-9-8-16-6-4-5-7-18(16)17/h4-7,10-14,17H,8-9H2,1-3H3,(H2,24,27,28,29)/b25-12-. The highest BCUT2D eigenvalue weighted by Crippen LogP contribution is 2.33. The highest BCUT2D eigenvalue weighted by molar-refractivity contribution is 5.89. The molecule has 152 valence electrons. The fraction of sp³-hybridized carbons (Fsp3) is 0.304. The minimum atomic E-state index is 0.293. The van der Waals surface area contributed by atoms with Crippen LogP contribution < -0.4 is 5.32 Å². The maximum atomic E-state index is 4.79. The molecule has 3 aromatic heterocycles. The van der Waals surface area contributed by atoms with Crippen molar-refractivity contribution in [3.05, 3.63) is 59.5 Å². The Morgan fingerprint density at radius 3 is 2.93 bits per heavy atom. The molecule has 1 aromatic carbocycles. The second-order valence-electron chi connectivity index (χ2n) is 8.04. The number of benzene rings is 1. The van der Waals surface area contributed by atoms with E-state index in [1.54, 1.807) is 0 Å². The quantitative estimate of drug-likeness (QED) is 0.451. The number of nitrogens with one attached hydrogen (secondary N) is 2. The zero-order valence-electron chi connectivity index (χ0n) is 17.4. The lowest BCUT2D eigenvalue weighted by Crippen LogP contribution is -2.05. The van der Waals surface area contributed by atoms with Gasteiger partial charge in [-0.15, -0.1) is 0 Å². The second kappa shape index (κ2) is 7.40. The smallest absolute Gasteiger partial charge is 0.231 e. The van der Waals surface area contributed by atoms with Gasteiger partial charge in [0.1, 0.15) is 5.65 Å². The normalized spacial score (nSPS) is 16.1. The maximum absolute atomic E-state index is 4.79. The molecule has 3 heterocycles. The fourth-order valence-corrected chi connectivity index (χ4v) is 4.17. The van der Waals surface area contributed by atoms with Crippen LogP contribution in [0.15, 0.2) is 47.7 Å². The number of rotatable bonds is 5. The molecule has 2 N–H and O–H groups in total. The van der Waals surface area contributed by atoms with Crippen LogP contribution in [-0.2, 0) is 6.42 Å². The number of aryl methyl sites for hydroxylation is 1. The first kappa shape index (κ1) is 18.5. The second-order valence-corrected chi connectivity index (χ2v) is 8.04. The van der Waals surface area contributed by atoms with Crippen LogP contribution >= 0.6 is 0 Å². The molecule has 7 heteroatoms. The molecular formula is C23H25N7. The molecule has 0 aliphatic heterocycles. The summed E-state index contributed by atoms with van der Waals surface area (Å²) in [5.74, 6) is 1.51. The summed E-state index contributed by atoms with van der Waals surface area (Å²) in [5, 5.41) is 8.69. The summed E-state index contributed by atoms with van der Waals surface area (Å²) in [6.45, 7) is 6.26. The van der Waals surface area contributed by atoms with Crippen molar-refractivity contribution in [3.63, 3.8) is 0 Å². The van der Waals surface area contributed by atoms with Gasteiger partial charge in [0.05, 0.1) is 23.0 Å². The molecule has 1 aliphatic carbocycles. The maximum Gasteiger partial charge on any atom is 0.231 e. The number of hydrogen-bond donors (Lipinski definition) is 2. The third kappa shape index (κ3) is 3.26. The average molecular weight is 400 g/mol. The van der Waals surface area contributed by atoms with Gasteiger partial charge in [-0.05, 0) is 50.8 Å². The van der Waals surface area contributed by atoms with Crippen molar-refractivity contribution >= 4 is 34.7 Å². The Kier molecular flexibility index (Phi) is 4.58. The molecule has 1 aliphatic rings. The number of nitrogens with zero attached hydrogens (tertiary/aromatic N) is 5. The van der Waals surface area contributed by atoms with E-state index in [1.165, 1.54) is 11.1 Å². The molecule has 0 spiro atoms. The molecule has 0 saturated heterocycles. The molecular weight excluding hydrogens is 374 g/mol. The monoisotopic (exact) mass is 399 g/mol. The Bertz CT molecular complexity index is 1230. The summed E-state index contributed by atoms with van der Waals surface area (Å²) < 4.78 is 1.98. The molecule has 30 heavy (non-hydrogen) atoms. The van der Waals surface area contributed by atoms with Crippen LogP contribution in [0.1, 0.15) is 49.0 Å². The van der Waals surface area contributed by atoms with Gasteiger partial charge in [-0.25, -0.2) is 4.99 Å². The van der Waals surface area contributed by atoms with Crippen molar-refractivity contribution in [2.75, 3.05) is 5.32 Å². The fourth-order valence-electron chi connectivity index (χ4n) is 4.17. The summed E-state index contributed by atoms with van der Waals surface area (Å²) in [6, 6.07) is 10.9. The number of anilines is 2. The Labute approximate surface area is 175 Å².